The number of benzene rings is 1. The molecular formula is C15H20FN3S. The van der Waals surface area contributed by atoms with E-state index >= 15 is 0 Å². The minimum absolute atomic E-state index is 0.204. The van der Waals surface area contributed by atoms with E-state index in [4.69, 9.17) is 18.0 Å². The first-order valence-corrected chi connectivity index (χ1v) is 7.59. The minimum atomic E-state index is -0.204. The summed E-state index contributed by atoms with van der Waals surface area (Å²) in [6.07, 6.45) is 2.58. The van der Waals surface area contributed by atoms with Gasteiger partial charge in [0.15, 0.2) is 0 Å². The largest absolute Gasteiger partial charge is 0.389 e. The summed E-state index contributed by atoms with van der Waals surface area (Å²) in [4.78, 5) is 5.16. The average molecular weight is 293 g/mol. The SMILES string of the molecule is NC(=S)c1ccc(CN2CCN3CCCC3C2)c(F)c1. The molecule has 0 radical (unpaired) electrons. The fraction of sp³-hybridized carbons (Fsp3) is 0.533. The predicted octanol–water partition coefficient (Wildman–Crippen LogP) is 1.74. The summed E-state index contributed by atoms with van der Waals surface area (Å²) in [5.74, 6) is -0.204. The molecule has 108 valence electrons. The number of piperazine rings is 1. The second kappa shape index (κ2) is 5.76. The lowest BCUT2D eigenvalue weighted by Gasteiger charge is -2.37. The maximum atomic E-state index is 14.1. The van der Waals surface area contributed by atoms with Crippen LogP contribution in [-0.2, 0) is 6.54 Å². The standard InChI is InChI=1S/C15H20FN3S/c16-14-8-11(15(17)20)3-4-12(14)9-18-6-7-19-5-1-2-13(19)10-18/h3-4,8,13H,1-2,5-7,9-10H2,(H2,17,20). The smallest absolute Gasteiger partial charge is 0.128 e. The number of halogens is 1. The third-order valence-electron chi connectivity index (χ3n) is 4.40. The first-order chi connectivity index (χ1) is 9.63. The van der Waals surface area contributed by atoms with E-state index in [9.17, 15) is 4.39 Å². The van der Waals surface area contributed by atoms with Crippen LogP contribution in [0.15, 0.2) is 18.2 Å². The molecule has 0 bridgehead atoms. The molecule has 2 fully saturated rings. The van der Waals surface area contributed by atoms with Gasteiger partial charge in [-0.25, -0.2) is 4.39 Å². The van der Waals surface area contributed by atoms with Crippen LogP contribution >= 0.6 is 12.2 Å². The Morgan fingerprint density at radius 2 is 2.20 bits per heavy atom. The zero-order valence-electron chi connectivity index (χ0n) is 11.5. The summed E-state index contributed by atoms with van der Waals surface area (Å²) in [5.41, 5.74) is 6.86. The molecule has 20 heavy (non-hydrogen) atoms. The average Bonchev–Trinajstić information content (AvgIpc) is 2.88. The first-order valence-electron chi connectivity index (χ1n) is 7.18. The Bertz CT molecular complexity index is 520. The van der Waals surface area contributed by atoms with Crippen molar-refractivity contribution in [3.05, 3.63) is 35.1 Å². The van der Waals surface area contributed by atoms with Crippen molar-refractivity contribution >= 4 is 17.2 Å². The Morgan fingerprint density at radius 3 is 2.95 bits per heavy atom. The molecule has 1 unspecified atom stereocenters. The second-order valence-electron chi connectivity index (χ2n) is 5.74. The first kappa shape index (κ1) is 13.9. The third kappa shape index (κ3) is 2.85. The maximum Gasteiger partial charge on any atom is 0.128 e. The van der Waals surface area contributed by atoms with Gasteiger partial charge in [0.05, 0.1) is 0 Å². The quantitative estimate of drug-likeness (QED) is 0.861. The highest BCUT2D eigenvalue weighted by molar-refractivity contribution is 7.80. The second-order valence-corrected chi connectivity index (χ2v) is 6.18. The lowest BCUT2D eigenvalue weighted by molar-refractivity contribution is 0.0985. The Balaban J connectivity index is 1.67. The number of nitrogens with two attached hydrogens (primary N) is 1. The van der Waals surface area contributed by atoms with Gasteiger partial charge in [-0.3, -0.25) is 9.80 Å². The van der Waals surface area contributed by atoms with Gasteiger partial charge in [-0.15, -0.1) is 0 Å². The number of hydrogen-bond donors (Lipinski definition) is 1. The summed E-state index contributed by atoms with van der Waals surface area (Å²) in [6.45, 7) is 5.09. The van der Waals surface area contributed by atoms with Crippen molar-refractivity contribution in [3.8, 4) is 0 Å². The van der Waals surface area contributed by atoms with Gasteiger partial charge in [0.1, 0.15) is 10.8 Å². The van der Waals surface area contributed by atoms with E-state index in [1.54, 1.807) is 0 Å². The number of fused-ring (bicyclic) bond motifs is 1. The molecule has 1 aromatic carbocycles. The van der Waals surface area contributed by atoms with Crippen LogP contribution in [0.1, 0.15) is 24.0 Å². The van der Waals surface area contributed by atoms with Gasteiger partial charge in [-0.05, 0) is 25.5 Å². The molecule has 0 amide bonds. The lowest BCUT2D eigenvalue weighted by Crippen LogP contribution is -2.49. The Hall–Kier alpha value is -1.04. The summed E-state index contributed by atoms with van der Waals surface area (Å²) in [7, 11) is 0. The Morgan fingerprint density at radius 1 is 1.35 bits per heavy atom. The summed E-state index contributed by atoms with van der Waals surface area (Å²) < 4.78 is 14.1. The van der Waals surface area contributed by atoms with Crippen molar-refractivity contribution < 1.29 is 4.39 Å². The molecule has 1 aromatic rings. The van der Waals surface area contributed by atoms with Gasteiger partial charge in [-0.2, -0.15) is 0 Å². The maximum absolute atomic E-state index is 14.1. The zero-order valence-corrected chi connectivity index (χ0v) is 12.3. The molecule has 2 saturated heterocycles. The highest BCUT2D eigenvalue weighted by atomic mass is 32.1. The van der Waals surface area contributed by atoms with Crippen LogP contribution < -0.4 is 5.73 Å². The van der Waals surface area contributed by atoms with E-state index in [0.29, 0.717) is 18.2 Å². The van der Waals surface area contributed by atoms with Crippen molar-refractivity contribution in [2.24, 2.45) is 5.73 Å². The molecule has 2 N–H and O–H groups in total. The van der Waals surface area contributed by atoms with E-state index in [-0.39, 0.29) is 10.8 Å². The normalized spacial score (nSPS) is 23.8. The number of rotatable bonds is 3. The van der Waals surface area contributed by atoms with Gasteiger partial charge in [0.2, 0.25) is 0 Å². The number of nitrogens with zero attached hydrogens (tertiary/aromatic N) is 2. The minimum Gasteiger partial charge on any atom is -0.389 e. The Kier molecular flexibility index (Phi) is 4.01. The van der Waals surface area contributed by atoms with E-state index in [1.807, 2.05) is 12.1 Å². The van der Waals surface area contributed by atoms with E-state index in [2.05, 4.69) is 9.80 Å². The fourth-order valence-corrected chi connectivity index (χ4v) is 3.40. The summed E-state index contributed by atoms with van der Waals surface area (Å²) in [6, 6.07) is 5.74. The van der Waals surface area contributed by atoms with Crippen molar-refractivity contribution in [2.45, 2.75) is 25.4 Å². The molecule has 2 heterocycles. The zero-order chi connectivity index (χ0) is 14.1. The fourth-order valence-electron chi connectivity index (χ4n) is 3.27. The summed E-state index contributed by atoms with van der Waals surface area (Å²) in [5, 5.41) is 0. The van der Waals surface area contributed by atoms with Crippen molar-refractivity contribution in [1.82, 2.24) is 9.80 Å². The van der Waals surface area contributed by atoms with Crippen molar-refractivity contribution in [1.29, 1.82) is 0 Å². The van der Waals surface area contributed by atoms with Gasteiger partial charge in [0.25, 0.3) is 0 Å². The molecular weight excluding hydrogens is 273 g/mol. The van der Waals surface area contributed by atoms with Crippen LogP contribution in [0, 0.1) is 5.82 Å². The molecule has 3 nitrogen and oxygen atoms in total. The molecule has 3 rings (SSSR count). The van der Waals surface area contributed by atoms with Crippen LogP contribution in [-0.4, -0.2) is 47.0 Å². The van der Waals surface area contributed by atoms with Crippen LogP contribution in [0.5, 0.6) is 0 Å². The highest BCUT2D eigenvalue weighted by Gasteiger charge is 2.30. The third-order valence-corrected chi connectivity index (χ3v) is 4.64. The molecule has 0 saturated carbocycles. The van der Waals surface area contributed by atoms with Crippen molar-refractivity contribution in [3.63, 3.8) is 0 Å². The van der Waals surface area contributed by atoms with E-state index < -0.39 is 0 Å². The molecule has 0 aliphatic carbocycles. The highest BCUT2D eigenvalue weighted by Crippen LogP contribution is 2.23. The number of hydrogen-bond acceptors (Lipinski definition) is 3. The summed E-state index contributed by atoms with van der Waals surface area (Å²) >= 11 is 4.87. The molecule has 5 heteroatoms. The van der Waals surface area contributed by atoms with Crippen LogP contribution in [0.3, 0.4) is 0 Å². The topological polar surface area (TPSA) is 32.5 Å². The van der Waals surface area contributed by atoms with Crippen LogP contribution in [0.25, 0.3) is 0 Å². The molecule has 2 aliphatic rings. The number of thiocarbonyl (C=S) groups is 1. The lowest BCUT2D eigenvalue weighted by atomic mass is 10.1. The molecule has 0 aromatic heterocycles. The molecule has 0 spiro atoms. The van der Waals surface area contributed by atoms with Crippen LogP contribution in [0.4, 0.5) is 4.39 Å². The van der Waals surface area contributed by atoms with Crippen LogP contribution in [0.2, 0.25) is 0 Å². The van der Waals surface area contributed by atoms with Crippen molar-refractivity contribution in [2.75, 3.05) is 26.2 Å². The Labute approximate surface area is 124 Å². The monoisotopic (exact) mass is 293 g/mol. The van der Waals surface area contributed by atoms with Gasteiger partial charge >= 0.3 is 0 Å². The molecule has 1 atom stereocenters. The predicted molar refractivity (Wildman–Crippen MR) is 82.2 cm³/mol. The van der Waals surface area contributed by atoms with E-state index in [1.165, 1.54) is 25.5 Å². The van der Waals surface area contributed by atoms with E-state index in [0.717, 1.165) is 25.2 Å². The van der Waals surface area contributed by atoms with Gasteiger partial charge < -0.3 is 5.73 Å². The van der Waals surface area contributed by atoms with Gasteiger partial charge in [0, 0.05) is 43.3 Å². The molecule has 2 aliphatic heterocycles. The van der Waals surface area contributed by atoms with Gasteiger partial charge in [-0.1, -0.05) is 24.4 Å².